The summed E-state index contributed by atoms with van der Waals surface area (Å²) in [7, 11) is 0. The van der Waals surface area contributed by atoms with E-state index in [0.29, 0.717) is 0 Å². The van der Waals surface area contributed by atoms with Crippen LogP contribution in [0.5, 0.6) is 0 Å². The fraction of sp³-hybridized carbons (Fsp3) is 1.00. The van der Waals surface area contributed by atoms with Crippen molar-refractivity contribution in [1.29, 1.82) is 0 Å². The second kappa shape index (κ2) is 4.00. The quantitative estimate of drug-likeness (QED) is 0.657. The highest BCUT2D eigenvalue weighted by Gasteiger charge is 2.52. The lowest BCUT2D eigenvalue weighted by Gasteiger charge is -2.22. The Balaban J connectivity index is 1.67. The van der Waals surface area contributed by atoms with Crippen LogP contribution in [0.15, 0.2) is 0 Å². The van der Waals surface area contributed by atoms with E-state index >= 15 is 0 Å². The van der Waals surface area contributed by atoms with Gasteiger partial charge in [-0.2, -0.15) is 0 Å². The first-order valence-corrected chi connectivity index (χ1v) is 6.08. The molecule has 76 valence electrons. The highest BCUT2D eigenvalue weighted by molar-refractivity contribution is 5.03. The maximum absolute atomic E-state index is 3.57. The van der Waals surface area contributed by atoms with Crippen molar-refractivity contribution in [2.24, 2.45) is 11.3 Å². The third kappa shape index (κ3) is 2.07. The fourth-order valence-electron chi connectivity index (χ4n) is 3.04. The largest absolute Gasteiger partial charge is 0.316 e. The van der Waals surface area contributed by atoms with Gasteiger partial charge in [0, 0.05) is 0 Å². The lowest BCUT2D eigenvalue weighted by molar-refractivity contribution is 0.304. The summed E-state index contributed by atoms with van der Waals surface area (Å²) in [5.74, 6) is 1.04. The van der Waals surface area contributed by atoms with Gasteiger partial charge in [0.1, 0.15) is 0 Å². The smallest absolute Gasteiger partial charge is 0.00150 e. The standard InChI is InChI=1S/C12H23N/c1-2-8-13-10-11-9-12(11)6-4-3-5-7-12/h11,13H,2-10H2,1H3. The summed E-state index contributed by atoms with van der Waals surface area (Å²) < 4.78 is 0. The molecule has 0 heterocycles. The zero-order valence-corrected chi connectivity index (χ0v) is 8.94. The van der Waals surface area contributed by atoms with Gasteiger partial charge in [-0.15, -0.1) is 0 Å². The molecule has 2 fully saturated rings. The van der Waals surface area contributed by atoms with E-state index in [1.807, 2.05) is 0 Å². The normalized spacial score (nSPS) is 30.7. The molecule has 1 nitrogen and oxygen atoms in total. The molecule has 0 bridgehead atoms. The van der Waals surface area contributed by atoms with Crippen LogP contribution in [0.1, 0.15) is 51.9 Å². The highest BCUT2D eigenvalue weighted by Crippen LogP contribution is 2.60. The molecule has 0 aromatic rings. The van der Waals surface area contributed by atoms with Crippen molar-refractivity contribution in [3.05, 3.63) is 0 Å². The van der Waals surface area contributed by atoms with E-state index in [-0.39, 0.29) is 0 Å². The summed E-state index contributed by atoms with van der Waals surface area (Å²) in [6.07, 6.45) is 10.4. The molecule has 1 atom stereocenters. The third-order valence-corrected chi connectivity index (χ3v) is 4.03. The first-order chi connectivity index (χ1) is 6.37. The van der Waals surface area contributed by atoms with Crippen molar-refractivity contribution in [1.82, 2.24) is 5.32 Å². The molecule has 1 heteroatoms. The summed E-state index contributed by atoms with van der Waals surface area (Å²) in [5.41, 5.74) is 0.832. The Kier molecular flexibility index (Phi) is 2.92. The zero-order valence-electron chi connectivity index (χ0n) is 8.94. The molecule has 0 saturated heterocycles. The fourth-order valence-corrected chi connectivity index (χ4v) is 3.04. The topological polar surface area (TPSA) is 12.0 Å². The molecule has 13 heavy (non-hydrogen) atoms. The lowest BCUT2D eigenvalue weighted by atomic mass is 9.84. The molecule has 2 rings (SSSR count). The number of nitrogens with one attached hydrogen (secondary N) is 1. The Labute approximate surface area is 82.3 Å². The van der Waals surface area contributed by atoms with E-state index in [9.17, 15) is 0 Å². The minimum atomic E-state index is 0.832. The lowest BCUT2D eigenvalue weighted by Crippen LogP contribution is -2.21. The van der Waals surface area contributed by atoms with E-state index in [4.69, 9.17) is 0 Å². The second-order valence-corrected chi connectivity index (χ2v) is 5.03. The number of hydrogen-bond donors (Lipinski definition) is 1. The summed E-state index contributed by atoms with van der Waals surface area (Å²) in [4.78, 5) is 0. The maximum Gasteiger partial charge on any atom is -0.00150 e. The molecule has 0 aromatic heterocycles. The van der Waals surface area contributed by atoms with E-state index < -0.39 is 0 Å². The van der Waals surface area contributed by atoms with E-state index in [1.54, 1.807) is 0 Å². The van der Waals surface area contributed by atoms with Crippen LogP contribution in [0.4, 0.5) is 0 Å². The number of rotatable bonds is 4. The summed E-state index contributed by atoms with van der Waals surface area (Å²) in [6.45, 7) is 4.76. The van der Waals surface area contributed by atoms with Crippen LogP contribution in [-0.4, -0.2) is 13.1 Å². The Morgan fingerprint density at radius 1 is 1.23 bits per heavy atom. The molecule has 0 aliphatic heterocycles. The molecule has 2 aliphatic rings. The Hall–Kier alpha value is -0.0400. The van der Waals surface area contributed by atoms with Crippen LogP contribution in [-0.2, 0) is 0 Å². The van der Waals surface area contributed by atoms with Crippen LogP contribution < -0.4 is 5.32 Å². The van der Waals surface area contributed by atoms with E-state index in [2.05, 4.69) is 12.2 Å². The summed E-state index contributed by atoms with van der Waals surface area (Å²) >= 11 is 0. The van der Waals surface area contributed by atoms with Crippen LogP contribution in [0.2, 0.25) is 0 Å². The van der Waals surface area contributed by atoms with Crippen molar-refractivity contribution in [3.8, 4) is 0 Å². The minimum absolute atomic E-state index is 0.832. The molecular weight excluding hydrogens is 158 g/mol. The average molecular weight is 181 g/mol. The van der Waals surface area contributed by atoms with Crippen molar-refractivity contribution in [2.45, 2.75) is 51.9 Å². The molecule has 1 spiro atoms. The molecule has 2 aliphatic carbocycles. The predicted molar refractivity (Wildman–Crippen MR) is 56.8 cm³/mol. The Morgan fingerprint density at radius 3 is 2.69 bits per heavy atom. The summed E-state index contributed by atoms with van der Waals surface area (Å²) in [5, 5.41) is 3.57. The second-order valence-electron chi connectivity index (χ2n) is 5.03. The third-order valence-electron chi connectivity index (χ3n) is 4.03. The molecule has 1 unspecified atom stereocenters. The van der Waals surface area contributed by atoms with Gasteiger partial charge in [-0.3, -0.25) is 0 Å². The van der Waals surface area contributed by atoms with Gasteiger partial charge >= 0.3 is 0 Å². The van der Waals surface area contributed by atoms with Crippen LogP contribution in [0.25, 0.3) is 0 Å². The first-order valence-electron chi connectivity index (χ1n) is 6.08. The maximum atomic E-state index is 3.57. The van der Waals surface area contributed by atoms with Crippen LogP contribution in [0, 0.1) is 11.3 Å². The van der Waals surface area contributed by atoms with Gasteiger partial charge in [0.25, 0.3) is 0 Å². The first kappa shape index (κ1) is 9.51. The van der Waals surface area contributed by atoms with Gasteiger partial charge in [-0.05, 0) is 50.1 Å². The van der Waals surface area contributed by atoms with Gasteiger partial charge in [0.15, 0.2) is 0 Å². The van der Waals surface area contributed by atoms with Crippen LogP contribution in [0.3, 0.4) is 0 Å². The van der Waals surface area contributed by atoms with Crippen molar-refractivity contribution >= 4 is 0 Å². The summed E-state index contributed by atoms with van der Waals surface area (Å²) in [6, 6.07) is 0. The van der Waals surface area contributed by atoms with Gasteiger partial charge in [-0.25, -0.2) is 0 Å². The molecule has 1 N–H and O–H groups in total. The Bertz CT molecular complexity index is 159. The van der Waals surface area contributed by atoms with Crippen molar-refractivity contribution in [2.75, 3.05) is 13.1 Å². The Morgan fingerprint density at radius 2 is 2.00 bits per heavy atom. The number of hydrogen-bond acceptors (Lipinski definition) is 1. The monoisotopic (exact) mass is 181 g/mol. The molecular formula is C12H23N. The highest BCUT2D eigenvalue weighted by atomic mass is 14.9. The average Bonchev–Trinajstić information content (AvgIpc) is 2.80. The van der Waals surface area contributed by atoms with E-state index in [1.165, 1.54) is 58.0 Å². The molecule has 2 saturated carbocycles. The van der Waals surface area contributed by atoms with E-state index in [0.717, 1.165) is 11.3 Å². The molecule has 0 amide bonds. The zero-order chi connectivity index (χ0) is 9.15. The SMILES string of the molecule is CCCNCC1CC12CCCCC2. The molecule has 0 aromatic carbocycles. The van der Waals surface area contributed by atoms with Crippen molar-refractivity contribution < 1.29 is 0 Å². The van der Waals surface area contributed by atoms with Gasteiger partial charge < -0.3 is 5.32 Å². The van der Waals surface area contributed by atoms with Crippen molar-refractivity contribution in [3.63, 3.8) is 0 Å². The minimum Gasteiger partial charge on any atom is -0.316 e. The molecule has 0 radical (unpaired) electrons. The van der Waals surface area contributed by atoms with Gasteiger partial charge in [0.05, 0.1) is 0 Å². The van der Waals surface area contributed by atoms with Crippen LogP contribution >= 0.6 is 0 Å². The van der Waals surface area contributed by atoms with Gasteiger partial charge in [-0.1, -0.05) is 26.2 Å². The van der Waals surface area contributed by atoms with Gasteiger partial charge in [0.2, 0.25) is 0 Å². The predicted octanol–water partition coefficient (Wildman–Crippen LogP) is 2.96.